The highest BCUT2D eigenvalue weighted by Crippen LogP contribution is 2.54. The predicted octanol–water partition coefficient (Wildman–Crippen LogP) is 2.54. The second-order valence-electron chi connectivity index (χ2n) is 7.00. The summed E-state index contributed by atoms with van der Waals surface area (Å²) >= 11 is 0. The predicted molar refractivity (Wildman–Crippen MR) is 104 cm³/mol. The minimum absolute atomic E-state index is 0. The maximum Gasteiger partial charge on any atom is 0.191 e. The number of ether oxygens (including phenoxy) is 2. The SMILES string of the molecule is CCOC1CC(NC(=NC)NCC2CCOC2)C12CCCC2.I. The first kappa shape index (κ1) is 19.2. The molecule has 0 radical (unpaired) electrons. The normalized spacial score (nSPS) is 32.4. The van der Waals surface area contributed by atoms with Crippen LogP contribution in [-0.4, -0.2) is 51.5 Å². The van der Waals surface area contributed by atoms with E-state index < -0.39 is 0 Å². The topological polar surface area (TPSA) is 54.9 Å². The lowest BCUT2D eigenvalue weighted by atomic mass is 9.60. The Morgan fingerprint density at radius 3 is 2.74 bits per heavy atom. The van der Waals surface area contributed by atoms with Gasteiger partial charge in [-0.15, -0.1) is 24.0 Å². The molecule has 23 heavy (non-hydrogen) atoms. The van der Waals surface area contributed by atoms with Crippen molar-refractivity contribution < 1.29 is 9.47 Å². The summed E-state index contributed by atoms with van der Waals surface area (Å²) in [6.07, 6.45) is 7.98. The third-order valence-corrected chi connectivity index (χ3v) is 5.80. The Morgan fingerprint density at radius 2 is 2.13 bits per heavy atom. The molecule has 1 heterocycles. The smallest absolute Gasteiger partial charge is 0.191 e. The summed E-state index contributed by atoms with van der Waals surface area (Å²) in [7, 11) is 1.86. The van der Waals surface area contributed by atoms with E-state index in [1.165, 1.54) is 25.7 Å². The van der Waals surface area contributed by atoms with E-state index in [4.69, 9.17) is 9.47 Å². The largest absolute Gasteiger partial charge is 0.381 e. The summed E-state index contributed by atoms with van der Waals surface area (Å²) in [6, 6.07) is 0.512. The minimum atomic E-state index is 0. The van der Waals surface area contributed by atoms with Gasteiger partial charge in [-0.2, -0.15) is 0 Å². The molecule has 3 aliphatic rings. The van der Waals surface area contributed by atoms with E-state index in [1.54, 1.807) is 0 Å². The van der Waals surface area contributed by atoms with Gasteiger partial charge in [0.2, 0.25) is 0 Å². The zero-order valence-electron chi connectivity index (χ0n) is 14.5. The van der Waals surface area contributed by atoms with Gasteiger partial charge in [0.05, 0.1) is 12.7 Å². The fraction of sp³-hybridized carbons (Fsp3) is 0.941. The van der Waals surface area contributed by atoms with E-state index in [-0.39, 0.29) is 24.0 Å². The van der Waals surface area contributed by atoms with Gasteiger partial charge in [0.15, 0.2) is 5.96 Å². The Balaban J connectivity index is 0.00000192. The highest BCUT2D eigenvalue weighted by Gasteiger charge is 2.56. The molecule has 0 aromatic heterocycles. The van der Waals surface area contributed by atoms with Crippen molar-refractivity contribution in [1.82, 2.24) is 10.6 Å². The summed E-state index contributed by atoms with van der Waals surface area (Å²) in [6.45, 7) is 5.67. The van der Waals surface area contributed by atoms with Crippen LogP contribution in [-0.2, 0) is 9.47 Å². The van der Waals surface area contributed by atoms with Gasteiger partial charge in [0.25, 0.3) is 0 Å². The lowest BCUT2D eigenvalue weighted by Crippen LogP contribution is -2.65. The van der Waals surface area contributed by atoms with Crippen LogP contribution >= 0.6 is 24.0 Å². The Labute approximate surface area is 157 Å². The van der Waals surface area contributed by atoms with Crippen molar-refractivity contribution in [2.24, 2.45) is 16.3 Å². The molecular formula is C17H32IN3O2. The molecular weight excluding hydrogens is 405 g/mol. The van der Waals surface area contributed by atoms with E-state index in [1.807, 2.05) is 7.05 Å². The van der Waals surface area contributed by atoms with Crippen LogP contribution in [0, 0.1) is 11.3 Å². The second kappa shape index (κ2) is 8.85. The molecule has 0 aromatic rings. The lowest BCUT2D eigenvalue weighted by molar-refractivity contribution is -0.125. The Morgan fingerprint density at radius 1 is 1.35 bits per heavy atom. The van der Waals surface area contributed by atoms with Crippen LogP contribution in [0.15, 0.2) is 4.99 Å². The van der Waals surface area contributed by atoms with Gasteiger partial charge in [0, 0.05) is 44.2 Å². The van der Waals surface area contributed by atoms with Gasteiger partial charge in [-0.05, 0) is 32.6 Å². The highest BCUT2D eigenvalue weighted by atomic mass is 127. The number of guanidine groups is 1. The summed E-state index contributed by atoms with van der Waals surface area (Å²) in [5.74, 6) is 1.56. The summed E-state index contributed by atoms with van der Waals surface area (Å²) in [4.78, 5) is 4.41. The van der Waals surface area contributed by atoms with Crippen molar-refractivity contribution in [3.63, 3.8) is 0 Å². The van der Waals surface area contributed by atoms with Crippen LogP contribution in [0.5, 0.6) is 0 Å². The van der Waals surface area contributed by atoms with Crippen LogP contribution in [0.4, 0.5) is 0 Å². The molecule has 3 rings (SSSR count). The van der Waals surface area contributed by atoms with Crippen LogP contribution in [0.2, 0.25) is 0 Å². The standard InChI is InChI=1S/C17H31N3O2.HI/c1-3-22-15-10-14(17(15)7-4-5-8-17)20-16(18-2)19-11-13-6-9-21-12-13;/h13-15H,3-12H2,1-2H3,(H2,18,19,20);1H. The molecule has 1 spiro atoms. The van der Waals surface area contributed by atoms with E-state index in [0.29, 0.717) is 23.5 Å². The Kier molecular flexibility index (Phi) is 7.41. The van der Waals surface area contributed by atoms with Crippen molar-refractivity contribution in [3.8, 4) is 0 Å². The van der Waals surface area contributed by atoms with Gasteiger partial charge in [0.1, 0.15) is 0 Å². The van der Waals surface area contributed by atoms with Crippen LogP contribution in [0.25, 0.3) is 0 Å². The first-order valence-electron chi connectivity index (χ1n) is 8.95. The molecule has 3 fully saturated rings. The molecule has 0 bridgehead atoms. The van der Waals surface area contributed by atoms with E-state index >= 15 is 0 Å². The average molecular weight is 437 g/mol. The number of nitrogens with zero attached hydrogens (tertiary/aromatic N) is 1. The summed E-state index contributed by atoms with van der Waals surface area (Å²) in [5, 5.41) is 7.15. The Hall–Kier alpha value is -0.0800. The highest BCUT2D eigenvalue weighted by molar-refractivity contribution is 14.0. The van der Waals surface area contributed by atoms with Gasteiger partial charge >= 0.3 is 0 Å². The number of hydrogen-bond donors (Lipinski definition) is 2. The van der Waals surface area contributed by atoms with Crippen LogP contribution < -0.4 is 10.6 Å². The minimum Gasteiger partial charge on any atom is -0.381 e. The fourth-order valence-electron chi connectivity index (χ4n) is 4.43. The number of rotatable bonds is 5. The van der Waals surface area contributed by atoms with Crippen molar-refractivity contribution in [1.29, 1.82) is 0 Å². The third-order valence-electron chi connectivity index (χ3n) is 5.80. The van der Waals surface area contributed by atoms with Gasteiger partial charge in [-0.25, -0.2) is 0 Å². The Bertz CT molecular complexity index is 393. The van der Waals surface area contributed by atoms with Gasteiger partial charge < -0.3 is 20.1 Å². The quantitative estimate of drug-likeness (QED) is 0.395. The first-order valence-corrected chi connectivity index (χ1v) is 8.95. The van der Waals surface area contributed by atoms with Gasteiger partial charge in [-0.1, -0.05) is 12.8 Å². The zero-order valence-corrected chi connectivity index (χ0v) is 16.8. The zero-order chi connectivity index (χ0) is 15.4. The molecule has 1 aliphatic heterocycles. The van der Waals surface area contributed by atoms with E-state index in [0.717, 1.165) is 45.2 Å². The monoisotopic (exact) mass is 437 g/mol. The molecule has 0 amide bonds. The van der Waals surface area contributed by atoms with Crippen molar-refractivity contribution in [3.05, 3.63) is 0 Å². The molecule has 3 unspecified atom stereocenters. The van der Waals surface area contributed by atoms with E-state index in [9.17, 15) is 0 Å². The van der Waals surface area contributed by atoms with Gasteiger partial charge in [-0.3, -0.25) is 4.99 Å². The molecule has 2 saturated carbocycles. The second-order valence-corrected chi connectivity index (χ2v) is 7.00. The first-order chi connectivity index (χ1) is 10.8. The molecule has 2 N–H and O–H groups in total. The van der Waals surface area contributed by atoms with E-state index in [2.05, 4.69) is 22.5 Å². The molecule has 0 aromatic carbocycles. The molecule has 1 saturated heterocycles. The van der Waals surface area contributed by atoms with Crippen LogP contribution in [0.3, 0.4) is 0 Å². The number of halogens is 1. The molecule has 3 atom stereocenters. The lowest BCUT2D eigenvalue weighted by Gasteiger charge is -2.54. The third kappa shape index (κ3) is 4.12. The average Bonchev–Trinajstić information content (AvgIpc) is 3.21. The number of nitrogens with one attached hydrogen (secondary N) is 2. The molecule has 2 aliphatic carbocycles. The molecule has 5 nitrogen and oxygen atoms in total. The summed E-state index contributed by atoms with van der Waals surface area (Å²) < 4.78 is 11.4. The van der Waals surface area contributed by atoms with Crippen molar-refractivity contribution in [2.45, 2.75) is 57.6 Å². The number of hydrogen-bond acceptors (Lipinski definition) is 3. The van der Waals surface area contributed by atoms with Crippen LogP contribution in [0.1, 0.15) is 45.4 Å². The fourth-order valence-corrected chi connectivity index (χ4v) is 4.43. The molecule has 134 valence electrons. The van der Waals surface area contributed by atoms with Crippen molar-refractivity contribution in [2.75, 3.05) is 33.4 Å². The maximum absolute atomic E-state index is 5.99. The summed E-state index contributed by atoms with van der Waals surface area (Å²) in [5.41, 5.74) is 0.351. The van der Waals surface area contributed by atoms with Crippen molar-refractivity contribution >= 4 is 29.9 Å². The molecule has 6 heteroatoms. The number of aliphatic imine (C=N–C) groups is 1. The maximum atomic E-state index is 5.99.